The highest BCUT2D eigenvalue weighted by Gasteiger charge is 2.14. The van der Waals surface area contributed by atoms with Crippen LogP contribution in [0.4, 0.5) is 0 Å². The minimum Gasteiger partial charge on any atom is -0.271 e. The summed E-state index contributed by atoms with van der Waals surface area (Å²) in [5.74, 6) is 0. The molecule has 0 aliphatic rings. The van der Waals surface area contributed by atoms with E-state index in [1.165, 1.54) is 0 Å². The first kappa shape index (κ1) is 11.2. The Morgan fingerprint density at radius 2 is 2.27 bits per heavy atom. The first-order chi connectivity index (χ1) is 7.02. The molecule has 0 spiro atoms. The molecule has 0 aromatic carbocycles. The lowest BCUT2D eigenvalue weighted by atomic mass is 10.2. The second-order valence-electron chi connectivity index (χ2n) is 3.39. The number of pyridine rings is 1. The maximum absolute atomic E-state index is 12.0. The molecule has 1 atom stereocenters. The Labute approximate surface area is 105 Å². The topological polar surface area (TPSA) is 21.5 Å². The van der Waals surface area contributed by atoms with Gasteiger partial charge in [-0.25, -0.2) is 0 Å². The molecule has 5 heteroatoms. The fourth-order valence-corrected chi connectivity index (χ4v) is 3.35. The monoisotopic (exact) mass is 305 g/mol. The van der Waals surface area contributed by atoms with Crippen LogP contribution in [-0.4, -0.2) is 4.40 Å². The average Bonchev–Trinajstić information content (AvgIpc) is 2.53. The molecule has 2 aromatic heterocycles. The SMILES string of the molecule is Cc1csc2cc([C@@H](C)Cl)c(Br)c(=O)n12. The summed E-state index contributed by atoms with van der Waals surface area (Å²) in [6, 6.07) is 1.96. The lowest BCUT2D eigenvalue weighted by Crippen LogP contribution is -2.16. The fourth-order valence-electron chi connectivity index (χ4n) is 1.49. The van der Waals surface area contributed by atoms with E-state index in [0.717, 1.165) is 16.1 Å². The van der Waals surface area contributed by atoms with Crippen molar-refractivity contribution in [2.75, 3.05) is 0 Å². The first-order valence-electron chi connectivity index (χ1n) is 4.45. The van der Waals surface area contributed by atoms with Gasteiger partial charge in [0.15, 0.2) is 0 Å². The summed E-state index contributed by atoms with van der Waals surface area (Å²) in [6.07, 6.45) is 0. The Balaban J connectivity index is 2.91. The van der Waals surface area contributed by atoms with E-state index < -0.39 is 0 Å². The molecule has 0 aliphatic carbocycles. The van der Waals surface area contributed by atoms with Crippen LogP contribution in [-0.2, 0) is 0 Å². The summed E-state index contributed by atoms with van der Waals surface area (Å²) in [4.78, 5) is 12.9. The zero-order chi connectivity index (χ0) is 11.2. The highest BCUT2D eigenvalue weighted by atomic mass is 79.9. The van der Waals surface area contributed by atoms with Crippen molar-refractivity contribution in [2.45, 2.75) is 19.2 Å². The van der Waals surface area contributed by atoms with Crippen LogP contribution in [0.2, 0.25) is 0 Å². The predicted octanol–water partition coefficient (Wildman–Crippen LogP) is 3.73. The van der Waals surface area contributed by atoms with E-state index in [2.05, 4.69) is 15.9 Å². The van der Waals surface area contributed by atoms with Crippen LogP contribution >= 0.6 is 38.9 Å². The Bertz CT molecular complexity index is 573. The number of hydrogen-bond donors (Lipinski definition) is 0. The van der Waals surface area contributed by atoms with E-state index in [0.29, 0.717) is 4.47 Å². The molecule has 2 rings (SSSR count). The van der Waals surface area contributed by atoms with Crippen molar-refractivity contribution >= 4 is 43.7 Å². The van der Waals surface area contributed by atoms with Crippen molar-refractivity contribution < 1.29 is 0 Å². The van der Waals surface area contributed by atoms with E-state index in [-0.39, 0.29) is 10.9 Å². The van der Waals surface area contributed by atoms with Crippen LogP contribution in [0.3, 0.4) is 0 Å². The number of halogens is 2. The van der Waals surface area contributed by atoms with E-state index in [4.69, 9.17) is 11.6 Å². The van der Waals surface area contributed by atoms with Gasteiger partial charge >= 0.3 is 0 Å². The number of fused-ring (bicyclic) bond motifs is 1. The quantitative estimate of drug-likeness (QED) is 0.736. The molecule has 0 saturated carbocycles. The number of thiazole rings is 1. The highest BCUT2D eigenvalue weighted by Crippen LogP contribution is 2.28. The van der Waals surface area contributed by atoms with Crippen LogP contribution in [0.25, 0.3) is 4.83 Å². The second-order valence-corrected chi connectivity index (χ2v) is 5.72. The third kappa shape index (κ3) is 1.75. The molecular weight excluding hydrogens is 298 g/mol. The fraction of sp³-hybridized carbons (Fsp3) is 0.300. The largest absolute Gasteiger partial charge is 0.271 e. The normalized spacial score (nSPS) is 13.3. The summed E-state index contributed by atoms with van der Waals surface area (Å²) in [5, 5.41) is 1.80. The van der Waals surface area contributed by atoms with Gasteiger partial charge in [-0.05, 0) is 41.4 Å². The van der Waals surface area contributed by atoms with E-state index >= 15 is 0 Å². The molecule has 0 aliphatic heterocycles. The maximum Gasteiger partial charge on any atom is 0.270 e. The van der Waals surface area contributed by atoms with Gasteiger partial charge in [-0.3, -0.25) is 9.20 Å². The van der Waals surface area contributed by atoms with E-state index in [9.17, 15) is 4.79 Å². The summed E-state index contributed by atoms with van der Waals surface area (Å²) < 4.78 is 2.25. The Morgan fingerprint density at radius 3 is 2.87 bits per heavy atom. The van der Waals surface area contributed by atoms with Crippen molar-refractivity contribution in [3.05, 3.63) is 37.5 Å². The van der Waals surface area contributed by atoms with Crippen LogP contribution in [0.5, 0.6) is 0 Å². The highest BCUT2D eigenvalue weighted by molar-refractivity contribution is 9.10. The van der Waals surface area contributed by atoms with Gasteiger partial charge in [0.1, 0.15) is 4.83 Å². The third-order valence-corrected chi connectivity index (χ3v) is 4.31. The van der Waals surface area contributed by atoms with Gasteiger partial charge in [0.25, 0.3) is 5.56 Å². The lowest BCUT2D eigenvalue weighted by molar-refractivity contribution is 0.995. The summed E-state index contributed by atoms with van der Waals surface area (Å²) in [7, 11) is 0. The lowest BCUT2D eigenvalue weighted by Gasteiger charge is -2.07. The number of alkyl halides is 1. The van der Waals surface area contributed by atoms with Gasteiger partial charge in [0, 0.05) is 11.1 Å². The molecule has 80 valence electrons. The van der Waals surface area contributed by atoms with Gasteiger partial charge in [-0.2, -0.15) is 0 Å². The van der Waals surface area contributed by atoms with Crippen molar-refractivity contribution in [3.63, 3.8) is 0 Å². The Kier molecular flexibility index (Phi) is 2.92. The minimum atomic E-state index is -0.167. The average molecular weight is 307 g/mol. The molecule has 0 unspecified atom stereocenters. The number of nitrogens with zero attached hydrogens (tertiary/aromatic N) is 1. The molecule has 0 saturated heterocycles. The molecule has 15 heavy (non-hydrogen) atoms. The first-order valence-corrected chi connectivity index (χ1v) is 6.56. The zero-order valence-electron chi connectivity index (χ0n) is 8.25. The smallest absolute Gasteiger partial charge is 0.270 e. The Hall–Kier alpha value is -0.320. The van der Waals surface area contributed by atoms with Gasteiger partial charge in [-0.1, -0.05) is 0 Å². The van der Waals surface area contributed by atoms with E-state index in [1.807, 2.05) is 25.3 Å². The predicted molar refractivity (Wildman–Crippen MR) is 68.2 cm³/mol. The minimum absolute atomic E-state index is 0.0336. The van der Waals surface area contributed by atoms with Gasteiger partial charge in [-0.15, -0.1) is 22.9 Å². The summed E-state index contributed by atoms with van der Waals surface area (Å²) >= 11 is 10.9. The molecule has 0 bridgehead atoms. The standard InChI is InChI=1S/C10H9BrClNOS/c1-5-4-15-8-3-7(6(2)12)9(11)10(14)13(5)8/h3-4,6H,1-2H3/t6-/m1/s1. The van der Waals surface area contributed by atoms with Crippen LogP contribution in [0.15, 0.2) is 20.7 Å². The molecule has 2 heterocycles. The second kappa shape index (κ2) is 3.92. The number of hydrogen-bond acceptors (Lipinski definition) is 2. The van der Waals surface area contributed by atoms with Gasteiger partial charge in [0.05, 0.1) is 9.85 Å². The van der Waals surface area contributed by atoms with Gasteiger partial charge in [0.2, 0.25) is 0 Å². The molecule has 0 amide bonds. The summed E-state index contributed by atoms with van der Waals surface area (Å²) in [5.41, 5.74) is 1.77. The molecule has 0 N–H and O–H groups in total. The van der Waals surface area contributed by atoms with Crippen molar-refractivity contribution in [3.8, 4) is 0 Å². The molecule has 2 aromatic rings. The summed E-state index contributed by atoms with van der Waals surface area (Å²) in [6.45, 7) is 3.78. The molecule has 0 fully saturated rings. The zero-order valence-corrected chi connectivity index (χ0v) is 11.4. The van der Waals surface area contributed by atoms with Crippen molar-refractivity contribution in [1.29, 1.82) is 0 Å². The molecule has 0 radical (unpaired) electrons. The molecule has 2 nitrogen and oxygen atoms in total. The Morgan fingerprint density at radius 1 is 1.60 bits per heavy atom. The number of aryl methyl sites for hydroxylation is 1. The third-order valence-electron chi connectivity index (χ3n) is 2.28. The maximum atomic E-state index is 12.0. The number of rotatable bonds is 1. The van der Waals surface area contributed by atoms with Gasteiger partial charge < -0.3 is 0 Å². The van der Waals surface area contributed by atoms with Crippen molar-refractivity contribution in [1.82, 2.24) is 4.40 Å². The van der Waals surface area contributed by atoms with Crippen LogP contribution in [0, 0.1) is 6.92 Å². The van der Waals surface area contributed by atoms with Crippen LogP contribution < -0.4 is 5.56 Å². The van der Waals surface area contributed by atoms with Crippen molar-refractivity contribution in [2.24, 2.45) is 0 Å². The van der Waals surface area contributed by atoms with E-state index in [1.54, 1.807) is 15.7 Å². The number of aromatic nitrogens is 1. The van der Waals surface area contributed by atoms with Crippen LogP contribution in [0.1, 0.15) is 23.6 Å². The molecular formula is C10H9BrClNOS.